The van der Waals surface area contributed by atoms with Gasteiger partial charge in [0.25, 0.3) is 0 Å². The highest BCUT2D eigenvalue weighted by Gasteiger charge is 2.27. The number of nitrogens with one attached hydrogen (secondary N) is 2. The highest BCUT2D eigenvalue weighted by molar-refractivity contribution is 7.90. The summed E-state index contributed by atoms with van der Waals surface area (Å²) in [5.41, 5.74) is 2.14. The maximum Gasteiger partial charge on any atom is 0.216 e. The van der Waals surface area contributed by atoms with Gasteiger partial charge in [-0.25, -0.2) is 13.1 Å². The summed E-state index contributed by atoms with van der Waals surface area (Å²) in [7, 11) is -3.18. The van der Waals surface area contributed by atoms with Crippen LogP contribution in [0.1, 0.15) is 17.5 Å². The van der Waals surface area contributed by atoms with E-state index in [1.807, 2.05) is 31.2 Å². The van der Waals surface area contributed by atoms with Crippen molar-refractivity contribution in [3.05, 3.63) is 35.4 Å². The molecule has 2 N–H and O–H groups in total. The van der Waals surface area contributed by atoms with Crippen molar-refractivity contribution in [3.63, 3.8) is 0 Å². The lowest BCUT2D eigenvalue weighted by atomic mass is 10.1. The van der Waals surface area contributed by atoms with Gasteiger partial charge in [-0.2, -0.15) is 0 Å². The van der Waals surface area contributed by atoms with Crippen molar-refractivity contribution in [2.75, 3.05) is 13.1 Å². The lowest BCUT2D eigenvalue weighted by Gasteiger charge is -2.12. The molecule has 0 amide bonds. The SMILES string of the molecule is Cc1cccc(CNS(=O)(=O)C2CCNC2)c1. The fourth-order valence-electron chi connectivity index (χ4n) is 2.02. The van der Waals surface area contributed by atoms with Crippen molar-refractivity contribution in [3.8, 4) is 0 Å². The maximum atomic E-state index is 11.9. The molecule has 2 rings (SSSR count). The van der Waals surface area contributed by atoms with E-state index < -0.39 is 10.0 Å². The Bertz CT molecular complexity index is 479. The van der Waals surface area contributed by atoms with Crippen LogP contribution in [0.25, 0.3) is 0 Å². The summed E-state index contributed by atoms with van der Waals surface area (Å²) in [5.74, 6) is 0. The zero-order valence-corrected chi connectivity index (χ0v) is 10.8. The van der Waals surface area contributed by atoms with Gasteiger partial charge < -0.3 is 5.32 Å². The first-order valence-corrected chi connectivity index (χ1v) is 7.37. The third-order valence-corrected chi connectivity index (χ3v) is 4.84. The van der Waals surface area contributed by atoms with Crippen LogP contribution in [0, 0.1) is 6.92 Å². The molecule has 94 valence electrons. The van der Waals surface area contributed by atoms with E-state index in [4.69, 9.17) is 0 Å². The summed E-state index contributed by atoms with van der Waals surface area (Å²) in [6.45, 7) is 3.72. The van der Waals surface area contributed by atoms with Crippen LogP contribution in [-0.2, 0) is 16.6 Å². The Labute approximate surface area is 102 Å². The average Bonchev–Trinajstić information content (AvgIpc) is 2.81. The topological polar surface area (TPSA) is 58.2 Å². The third kappa shape index (κ3) is 3.28. The Morgan fingerprint density at radius 2 is 2.29 bits per heavy atom. The predicted molar refractivity (Wildman–Crippen MR) is 68.2 cm³/mol. The van der Waals surface area contributed by atoms with E-state index in [9.17, 15) is 8.42 Å². The maximum absolute atomic E-state index is 11.9. The number of sulfonamides is 1. The predicted octanol–water partition coefficient (Wildman–Crippen LogP) is 0.776. The minimum Gasteiger partial charge on any atom is -0.315 e. The Kier molecular flexibility index (Phi) is 3.81. The minimum absolute atomic E-state index is 0.285. The first-order valence-electron chi connectivity index (χ1n) is 5.83. The molecule has 1 heterocycles. The van der Waals surface area contributed by atoms with E-state index in [2.05, 4.69) is 10.0 Å². The van der Waals surface area contributed by atoms with Gasteiger partial charge in [0, 0.05) is 13.1 Å². The van der Waals surface area contributed by atoms with Gasteiger partial charge >= 0.3 is 0 Å². The van der Waals surface area contributed by atoms with Crippen molar-refractivity contribution in [1.82, 2.24) is 10.0 Å². The van der Waals surface area contributed by atoms with Crippen LogP contribution in [0.5, 0.6) is 0 Å². The monoisotopic (exact) mass is 254 g/mol. The molecule has 0 bridgehead atoms. The molecular formula is C12H18N2O2S. The second kappa shape index (κ2) is 5.16. The van der Waals surface area contributed by atoms with E-state index in [-0.39, 0.29) is 5.25 Å². The van der Waals surface area contributed by atoms with Gasteiger partial charge in [0.2, 0.25) is 10.0 Å². The zero-order valence-electron chi connectivity index (χ0n) is 9.94. The van der Waals surface area contributed by atoms with E-state index in [1.54, 1.807) is 0 Å². The lowest BCUT2D eigenvalue weighted by Crippen LogP contribution is -2.35. The Balaban J connectivity index is 1.97. The van der Waals surface area contributed by atoms with E-state index in [1.165, 1.54) is 0 Å². The second-order valence-corrected chi connectivity index (χ2v) is 6.52. The summed E-state index contributed by atoms with van der Waals surface area (Å²) in [4.78, 5) is 0. The third-order valence-electron chi connectivity index (χ3n) is 3.01. The molecule has 1 aliphatic heterocycles. The van der Waals surface area contributed by atoms with E-state index >= 15 is 0 Å². The first-order chi connectivity index (χ1) is 8.08. The van der Waals surface area contributed by atoms with Crippen molar-refractivity contribution < 1.29 is 8.42 Å². The smallest absolute Gasteiger partial charge is 0.216 e. The lowest BCUT2D eigenvalue weighted by molar-refractivity contribution is 0.567. The van der Waals surface area contributed by atoms with Gasteiger partial charge in [-0.15, -0.1) is 0 Å². The van der Waals surface area contributed by atoms with Crippen molar-refractivity contribution in [2.24, 2.45) is 0 Å². The Morgan fingerprint density at radius 1 is 1.47 bits per heavy atom. The molecule has 1 unspecified atom stereocenters. The van der Waals surface area contributed by atoms with Crippen LogP contribution in [0.15, 0.2) is 24.3 Å². The summed E-state index contributed by atoms with van der Waals surface area (Å²) < 4.78 is 26.6. The molecule has 1 aromatic rings. The standard InChI is InChI=1S/C12H18N2O2S/c1-10-3-2-4-11(7-10)8-14-17(15,16)12-5-6-13-9-12/h2-4,7,12-14H,5-6,8-9H2,1H3. The molecule has 1 aliphatic rings. The van der Waals surface area contributed by atoms with Gasteiger partial charge in [-0.1, -0.05) is 29.8 Å². The molecule has 17 heavy (non-hydrogen) atoms. The van der Waals surface area contributed by atoms with Gasteiger partial charge in [0.1, 0.15) is 0 Å². The second-order valence-electron chi connectivity index (χ2n) is 4.47. The van der Waals surface area contributed by atoms with Gasteiger partial charge in [0.15, 0.2) is 0 Å². The summed E-state index contributed by atoms with van der Waals surface area (Å²) in [6, 6.07) is 7.87. The fraction of sp³-hybridized carbons (Fsp3) is 0.500. The molecule has 1 aromatic carbocycles. The zero-order chi connectivity index (χ0) is 12.3. The fourth-order valence-corrected chi connectivity index (χ4v) is 3.39. The van der Waals surface area contributed by atoms with Crippen LogP contribution in [0.4, 0.5) is 0 Å². The van der Waals surface area contributed by atoms with Crippen LogP contribution in [-0.4, -0.2) is 26.8 Å². The Morgan fingerprint density at radius 3 is 2.94 bits per heavy atom. The number of hydrogen-bond donors (Lipinski definition) is 2. The van der Waals surface area contributed by atoms with Crippen LogP contribution >= 0.6 is 0 Å². The van der Waals surface area contributed by atoms with Crippen molar-refractivity contribution in [2.45, 2.75) is 25.1 Å². The molecule has 0 aliphatic carbocycles. The molecule has 0 spiro atoms. The molecule has 1 atom stereocenters. The normalized spacial score (nSPS) is 20.6. The molecule has 4 nitrogen and oxygen atoms in total. The quantitative estimate of drug-likeness (QED) is 0.834. The highest BCUT2D eigenvalue weighted by Crippen LogP contribution is 2.10. The number of aryl methyl sites for hydroxylation is 1. The van der Waals surface area contributed by atoms with E-state index in [0.717, 1.165) is 17.7 Å². The summed E-state index contributed by atoms with van der Waals surface area (Å²) in [5, 5.41) is 2.78. The van der Waals surface area contributed by atoms with Crippen LogP contribution in [0.2, 0.25) is 0 Å². The number of benzene rings is 1. The van der Waals surface area contributed by atoms with Crippen molar-refractivity contribution >= 4 is 10.0 Å². The van der Waals surface area contributed by atoms with Gasteiger partial charge in [0.05, 0.1) is 5.25 Å². The Hall–Kier alpha value is -0.910. The number of rotatable bonds is 4. The first kappa shape index (κ1) is 12.5. The molecule has 1 saturated heterocycles. The van der Waals surface area contributed by atoms with E-state index in [0.29, 0.717) is 19.5 Å². The van der Waals surface area contributed by atoms with Gasteiger partial charge in [-0.05, 0) is 25.5 Å². The summed E-state index contributed by atoms with van der Waals surface area (Å²) >= 11 is 0. The van der Waals surface area contributed by atoms with Gasteiger partial charge in [-0.3, -0.25) is 0 Å². The minimum atomic E-state index is -3.18. The molecule has 5 heteroatoms. The average molecular weight is 254 g/mol. The molecule has 0 radical (unpaired) electrons. The molecule has 0 aromatic heterocycles. The van der Waals surface area contributed by atoms with Crippen LogP contribution < -0.4 is 10.0 Å². The highest BCUT2D eigenvalue weighted by atomic mass is 32.2. The number of hydrogen-bond acceptors (Lipinski definition) is 3. The van der Waals surface area contributed by atoms with Crippen LogP contribution in [0.3, 0.4) is 0 Å². The molecular weight excluding hydrogens is 236 g/mol. The molecule has 1 fully saturated rings. The van der Waals surface area contributed by atoms with Crippen molar-refractivity contribution in [1.29, 1.82) is 0 Å². The summed E-state index contributed by atoms with van der Waals surface area (Å²) in [6.07, 6.45) is 0.698. The molecule has 0 saturated carbocycles. The largest absolute Gasteiger partial charge is 0.315 e.